The molecule has 2 unspecified atom stereocenters. The Kier molecular flexibility index (Phi) is 9.15. The lowest BCUT2D eigenvalue weighted by Crippen LogP contribution is -2.39. The minimum atomic E-state index is -5.93. The third kappa shape index (κ3) is 7.38. The van der Waals surface area contributed by atoms with E-state index in [1.807, 2.05) is 0 Å². The second kappa shape index (κ2) is 12.1. The number of phosphoric acid groups is 3. The Morgan fingerprint density at radius 1 is 1.02 bits per heavy atom. The number of aliphatic hydroxyl groups excluding tert-OH is 1. The molecule has 2 aromatic heterocycles. The molecule has 0 aliphatic carbocycles. The van der Waals surface area contributed by atoms with Gasteiger partial charge >= 0.3 is 34.8 Å². The molecule has 0 spiro atoms. The van der Waals surface area contributed by atoms with E-state index < -0.39 is 87.4 Å². The van der Waals surface area contributed by atoms with Gasteiger partial charge in [-0.15, -0.1) is 0 Å². The normalized spacial score (nSPS) is 23.2. The standard InChI is InChI=1S/C16H17FN7O17P3/c17-6-1-9(8(24(28)29)2-7(6)23(26)27)38-13-10(3-37-43(33,34)41-44(35,36)40-42(30,31)32)39-16(12(13)25)22-5-21-11-14(18)19-4-20-15(11)22/h1-2,4-5,10,12-13,16,25H,3H2,(H,33,34)(H,35,36)(H2,18,19,20)(H2,30,31,32)/t10-,12-,13-,16-/m1/s1. The number of fused-ring (bicyclic) bond motifs is 1. The molecule has 1 aliphatic rings. The molecule has 1 aromatic carbocycles. The highest BCUT2D eigenvalue weighted by Crippen LogP contribution is 2.66. The van der Waals surface area contributed by atoms with Gasteiger partial charge in [0.1, 0.15) is 30.1 Å². The SMILES string of the molecule is Nc1ncnc2c1ncn2[C@@H]1O[C@H](COP(=O)(O)OP(=O)(O)OP(=O)(O)O)[C@@H](Oc2cc(F)c([N+](=O)[O-])cc2[N+](=O)[O-])[C@H]1O. The molecule has 3 heterocycles. The third-order valence-corrected chi connectivity index (χ3v) is 9.28. The zero-order valence-electron chi connectivity index (χ0n) is 20.9. The molecular formula is C16H17FN7O17P3. The summed E-state index contributed by atoms with van der Waals surface area (Å²) in [7, 11) is -17.4. The predicted octanol–water partition coefficient (Wildman–Crippen LogP) is 0.413. The summed E-state index contributed by atoms with van der Waals surface area (Å²) in [6.45, 7) is -1.24. The maximum absolute atomic E-state index is 14.4. The van der Waals surface area contributed by atoms with Crippen LogP contribution in [0.4, 0.5) is 21.6 Å². The van der Waals surface area contributed by atoms with Gasteiger partial charge < -0.3 is 39.9 Å². The summed E-state index contributed by atoms with van der Waals surface area (Å²) in [6.07, 6.45) is -5.22. The number of nitrogens with two attached hydrogens (primary N) is 1. The van der Waals surface area contributed by atoms with Gasteiger partial charge in [-0.05, 0) is 0 Å². The largest absolute Gasteiger partial charge is 0.490 e. The number of nitro groups is 2. The topological polar surface area (TPSA) is 354 Å². The number of anilines is 1. The number of nitrogen functional groups attached to an aromatic ring is 1. The zero-order valence-corrected chi connectivity index (χ0v) is 23.6. The molecule has 4 rings (SSSR count). The second-order valence-corrected chi connectivity index (χ2v) is 12.8. The number of hydrogen-bond donors (Lipinski definition) is 6. The van der Waals surface area contributed by atoms with Crippen molar-refractivity contribution in [1.29, 1.82) is 0 Å². The van der Waals surface area contributed by atoms with E-state index in [-0.39, 0.29) is 29.1 Å². The van der Waals surface area contributed by atoms with Gasteiger partial charge in [-0.25, -0.2) is 28.6 Å². The van der Waals surface area contributed by atoms with Crippen molar-refractivity contribution in [3.8, 4) is 5.75 Å². The number of nitro benzene ring substituents is 2. The van der Waals surface area contributed by atoms with Gasteiger partial charge in [-0.3, -0.25) is 29.3 Å². The molecule has 1 aliphatic heterocycles. The first-order valence-corrected chi connectivity index (χ1v) is 15.6. The number of ether oxygens (including phenoxy) is 2. The Morgan fingerprint density at radius 3 is 2.30 bits per heavy atom. The average Bonchev–Trinajstić information content (AvgIpc) is 3.42. The van der Waals surface area contributed by atoms with Gasteiger partial charge in [0, 0.05) is 6.07 Å². The molecule has 24 nitrogen and oxygen atoms in total. The fourth-order valence-corrected chi connectivity index (χ4v) is 6.84. The summed E-state index contributed by atoms with van der Waals surface area (Å²) < 4.78 is 73.0. The van der Waals surface area contributed by atoms with Crippen molar-refractivity contribution in [2.45, 2.75) is 24.5 Å². The van der Waals surface area contributed by atoms with Crippen molar-refractivity contribution in [2.75, 3.05) is 12.3 Å². The lowest BCUT2D eigenvalue weighted by Gasteiger charge is -2.22. The second-order valence-electron chi connectivity index (χ2n) is 8.39. The number of nitrogens with zero attached hydrogens (tertiary/aromatic N) is 6. The monoisotopic (exact) mass is 691 g/mol. The van der Waals surface area contributed by atoms with Crippen LogP contribution in [0, 0.1) is 26.0 Å². The Balaban J connectivity index is 1.68. The molecule has 1 fully saturated rings. The van der Waals surface area contributed by atoms with Crippen LogP contribution in [-0.2, 0) is 31.6 Å². The lowest BCUT2D eigenvalue weighted by atomic mass is 10.1. The molecule has 0 saturated carbocycles. The summed E-state index contributed by atoms with van der Waals surface area (Å²) in [5.74, 6) is -2.66. The molecule has 6 atom stereocenters. The molecule has 28 heteroatoms. The van der Waals surface area contributed by atoms with Gasteiger partial charge in [0.2, 0.25) is 11.6 Å². The first-order valence-electron chi connectivity index (χ1n) is 11.1. The summed E-state index contributed by atoms with van der Waals surface area (Å²) in [5.41, 5.74) is 3.28. The number of imidazole rings is 1. The maximum atomic E-state index is 14.4. The predicted molar refractivity (Wildman–Crippen MR) is 134 cm³/mol. The highest BCUT2D eigenvalue weighted by Gasteiger charge is 2.50. The van der Waals surface area contributed by atoms with Crippen LogP contribution in [0.25, 0.3) is 11.2 Å². The van der Waals surface area contributed by atoms with Crippen molar-refractivity contribution in [1.82, 2.24) is 19.5 Å². The van der Waals surface area contributed by atoms with Crippen LogP contribution >= 0.6 is 23.5 Å². The van der Waals surface area contributed by atoms with Gasteiger partial charge in [0.05, 0.1) is 22.8 Å². The summed E-state index contributed by atoms with van der Waals surface area (Å²) >= 11 is 0. The Labute approximate surface area is 240 Å². The molecule has 0 radical (unpaired) electrons. The fraction of sp³-hybridized carbons (Fsp3) is 0.312. The minimum absolute atomic E-state index is 0.0190. The van der Waals surface area contributed by atoms with Crippen LogP contribution in [-0.4, -0.2) is 79.0 Å². The smallest absolute Gasteiger partial charge is 0.478 e. The van der Waals surface area contributed by atoms with E-state index in [1.54, 1.807) is 0 Å². The molecule has 44 heavy (non-hydrogen) atoms. The van der Waals surface area contributed by atoms with Gasteiger partial charge in [-0.2, -0.15) is 13.0 Å². The fourth-order valence-electron chi connectivity index (χ4n) is 3.81. The van der Waals surface area contributed by atoms with Crippen molar-refractivity contribution in [3.63, 3.8) is 0 Å². The number of hydrogen-bond acceptors (Lipinski definition) is 17. The number of aliphatic hydroxyl groups is 1. The molecule has 1 saturated heterocycles. The summed E-state index contributed by atoms with van der Waals surface area (Å²) in [5, 5.41) is 33.8. The maximum Gasteiger partial charge on any atom is 0.490 e. The van der Waals surface area contributed by atoms with Crippen LogP contribution in [0.3, 0.4) is 0 Å². The van der Waals surface area contributed by atoms with E-state index in [0.717, 1.165) is 17.2 Å². The van der Waals surface area contributed by atoms with Crippen molar-refractivity contribution in [3.05, 3.63) is 50.8 Å². The minimum Gasteiger partial charge on any atom is -0.478 e. The van der Waals surface area contributed by atoms with Crippen LogP contribution in [0.5, 0.6) is 5.75 Å². The number of benzene rings is 1. The van der Waals surface area contributed by atoms with E-state index in [0.29, 0.717) is 0 Å². The zero-order chi connectivity index (χ0) is 32.8. The molecule has 7 N–H and O–H groups in total. The molecular weight excluding hydrogens is 674 g/mol. The van der Waals surface area contributed by atoms with Crippen molar-refractivity contribution in [2.24, 2.45) is 0 Å². The molecule has 0 amide bonds. The van der Waals surface area contributed by atoms with E-state index in [4.69, 9.17) is 25.0 Å². The summed E-state index contributed by atoms with van der Waals surface area (Å²) in [6, 6.07) is 0.491. The van der Waals surface area contributed by atoms with E-state index in [9.17, 15) is 53.2 Å². The lowest BCUT2D eigenvalue weighted by molar-refractivity contribution is -0.396. The number of halogens is 1. The van der Waals surface area contributed by atoms with Crippen LogP contribution in [0.1, 0.15) is 6.23 Å². The quantitative estimate of drug-likeness (QED) is 0.0850. The molecule has 3 aromatic rings. The van der Waals surface area contributed by atoms with Crippen molar-refractivity contribution >= 4 is 51.8 Å². The number of aromatic nitrogens is 4. The van der Waals surface area contributed by atoms with E-state index in [1.165, 1.54) is 0 Å². The Hall–Kier alpha value is -3.57. The van der Waals surface area contributed by atoms with Gasteiger partial charge in [0.25, 0.3) is 0 Å². The summed E-state index contributed by atoms with van der Waals surface area (Å²) in [4.78, 5) is 68.4. The molecule has 240 valence electrons. The number of phosphoric ester groups is 1. The van der Waals surface area contributed by atoms with E-state index >= 15 is 0 Å². The highest BCUT2D eigenvalue weighted by molar-refractivity contribution is 7.66. The van der Waals surface area contributed by atoms with E-state index in [2.05, 4.69) is 28.1 Å². The Morgan fingerprint density at radius 2 is 1.68 bits per heavy atom. The van der Waals surface area contributed by atoms with Gasteiger partial charge in [0.15, 0.2) is 23.8 Å². The van der Waals surface area contributed by atoms with Crippen LogP contribution in [0.2, 0.25) is 0 Å². The first-order chi connectivity index (χ1) is 20.3. The van der Waals surface area contributed by atoms with Crippen molar-refractivity contribution < 1.29 is 75.2 Å². The first kappa shape index (κ1) is 33.3. The number of rotatable bonds is 12. The third-order valence-electron chi connectivity index (χ3n) is 5.47. The Bertz CT molecular complexity index is 1770. The van der Waals surface area contributed by atoms with Crippen LogP contribution in [0.15, 0.2) is 24.8 Å². The van der Waals surface area contributed by atoms with Crippen LogP contribution < -0.4 is 10.5 Å². The van der Waals surface area contributed by atoms with Gasteiger partial charge in [-0.1, -0.05) is 0 Å². The highest BCUT2D eigenvalue weighted by atomic mass is 31.3. The molecule has 0 bridgehead atoms. The average molecular weight is 691 g/mol.